The van der Waals surface area contributed by atoms with Crippen molar-refractivity contribution in [2.24, 2.45) is 0 Å². The molecule has 0 saturated carbocycles. The van der Waals surface area contributed by atoms with E-state index in [0.717, 1.165) is 17.4 Å². The van der Waals surface area contributed by atoms with Crippen molar-refractivity contribution in [1.82, 2.24) is 15.1 Å². The van der Waals surface area contributed by atoms with Crippen LogP contribution >= 0.6 is 0 Å². The summed E-state index contributed by atoms with van der Waals surface area (Å²) in [6, 6.07) is 5.10. The maximum absolute atomic E-state index is 13.4. The van der Waals surface area contributed by atoms with Gasteiger partial charge in [-0.1, -0.05) is 6.07 Å². The van der Waals surface area contributed by atoms with Gasteiger partial charge < -0.3 is 20.1 Å². The van der Waals surface area contributed by atoms with E-state index in [1.165, 1.54) is 4.68 Å². The van der Waals surface area contributed by atoms with Crippen LogP contribution in [0.3, 0.4) is 0 Å². The number of hydrogen-bond acceptors (Lipinski definition) is 7. The van der Waals surface area contributed by atoms with Gasteiger partial charge in [-0.25, -0.2) is 21.9 Å². The largest absolute Gasteiger partial charge is 0.494 e. The van der Waals surface area contributed by atoms with E-state index < -0.39 is 58.6 Å². The lowest BCUT2D eigenvalue weighted by Crippen LogP contribution is -2.49. The Balaban J connectivity index is 1.56. The van der Waals surface area contributed by atoms with E-state index in [1.807, 2.05) is 0 Å². The number of anilines is 1. The van der Waals surface area contributed by atoms with E-state index >= 15 is 0 Å². The average molecular weight is 609 g/mol. The first-order valence-corrected chi connectivity index (χ1v) is 14.8. The fraction of sp³-hybridized carbons (Fsp3) is 0.560. The molecule has 2 aromatic rings. The number of nitrogens with zero attached hydrogens (tertiary/aromatic N) is 2. The molecule has 41 heavy (non-hydrogen) atoms. The third-order valence-corrected chi connectivity index (χ3v) is 7.49. The highest BCUT2D eigenvalue weighted by Crippen LogP contribution is 2.44. The Morgan fingerprint density at radius 1 is 1.27 bits per heavy atom. The van der Waals surface area contributed by atoms with E-state index in [0.29, 0.717) is 24.3 Å². The molecule has 0 saturated heterocycles. The van der Waals surface area contributed by atoms with Gasteiger partial charge in [-0.3, -0.25) is 9.59 Å². The second kappa shape index (κ2) is 11.9. The highest BCUT2D eigenvalue weighted by molar-refractivity contribution is 7.91. The van der Waals surface area contributed by atoms with Gasteiger partial charge in [0.25, 0.3) is 12.3 Å². The standard InChI is InChI=1S/C25H29F5N4O6S/c1-41(37,38)14-20(35)31-22-21-18(33-34(22)8-10-39-13-19(26)27)12-24(32-23(21)36)7-5-15-11-16(3-4-17(15)24)40-9-2-6-25(28,29)30/h3-4,11,19H,2,5-10,12-14H2,1H3,(H,31,35)(H,32,36)/t24-/m0/s1. The maximum atomic E-state index is 13.4. The van der Waals surface area contributed by atoms with Crippen molar-refractivity contribution >= 4 is 27.5 Å². The summed E-state index contributed by atoms with van der Waals surface area (Å²) in [7, 11) is -3.68. The van der Waals surface area contributed by atoms with Gasteiger partial charge in [0.05, 0.1) is 31.0 Å². The number of sulfone groups is 1. The number of amides is 2. The molecule has 16 heteroatoms. The molecule has 1 aliphatic heterocycles. The molecule has 226 valence electrons. The maximum Gasteiger partial charge on any atom is 0.389 e. The van der Waals surface area contributed by atoms with Gasteiger partial charge in [0.1, 0.15) is 29.5 Å². The Bertz CT molecular complexity index is 1410. The van der Waals surface area contributed by atoms with Crippen LogP contribution in [0.5, 0.6) is 5.75 Å². The number of hydrogen-bond donors (Lipinski definition) is 2. The van der Waals surface area contributed by atoms with E-state index in [-0.39, 0.29) is 44.0 Å². The highest BCUT2D eigenvalue weighted by atomic mass is 32.2. The van der Waals surface area contributed by atoms with Crippen LogP contribution < -0.4 is 15.4 Å². The molecule has 2 heterocycles. The normalized spacial score (nSPS) is 18.4. The van der Waals surface area contributed by atoms with Crippen LogP contribution in [0.15, 0.2) is 18.2 Å². The number of fused-ring (bicyclic) bond motifs is 3. The SMILES string of the molecule is CS(=O)(=O)CC(=O)Nc1c2c(nn1CCOCC(F)F)C[C@]1(CCc3cc(OCCCC(F)(F)F)ccc31)NC2=O. The minimum absolute atomic E-state index is 0.0319. The Kier molecular flexibility index (Phi) is 8.92. The van der Waals surface area contributed by atoms with Crippen molar-refractivity contribution in [3.8, 4) is 5.75 Å². The molecule has 2 amide bonds. The fourth-order valence-electron chi connectivity index (χ4n) is 5.09. The van der Waals surface area contributed by atoms with Crippen molar-refractivity contribution in [3.05, 3.63) is 40.6 Å². The first kappa shape index (κ1) is 30.7. The molecule has 1 aromatic carbocycles. The number of benzene rings is 1. The van der Waals surface area contributed by atoms with Gasteiger partial charge in [0, 0.05) is 19.1 Å². The number of rotatable bonds is 12. The zero-order valence-corrected chi connectivity index (χ0v) is 22.8. The fourth-order valence-corrected chi connectivity index (χ4v) is 5.64. The van der Waals surface area contributed by atoms with E-state index in [4.69, 9.17) is 9.47 Å². The van der Waals surface area contributed by atoms with Crippen molar-refractivity contribution in [2.45, 2.75) is 56.8 Å². The Morgan fingerprint density at radius 2 is 2.02 bits per heavy atom. The van der Waals surface area contributed by atoms with Crippen LogP contribution in [-0.2, 0) is 44.3 Å². The molecule has 1 atom stereocenters. The smallest absolute Gasteiger partial charge is 0.389 e. The Hall–Kier alpha value is -3.27. The molecule has 4 rings (SSSR count). The van der Waals surface area contributed by atoms with Crippen LogP contribution in [0.2, 0.25) is 0 Å². The summed E-state index contributed by atoms with van der Waals surface area (Å²) in [6.45, 7) is -1.22. The molecule has 2 aliphatic rings. The predicted octanol–water partition coefficient (Wildman–Crippen LogP) is 3.00. The Morgan fingerprint density at radius 3 is 2.71 bits per heavy atom. The molecular weight excluding hydrogens is 579 g/mol. The van der Waals surface area contributed by atoms with Gasteiger partial charge in [0.2, 0.25) is 5.91 Å². The average Bonchev–Trinajstić information content (AvgIpc) is 3.35. The molecule has 0 bridgehead atoms. The topological polar surface area (TPSA) is 129 Å². The van der Waals surface area contributed by atoms with Crippen LogP contribution in [0, 0.1) is 0 Å². The summed E-state index contributed by atoms with van der Waals surface area (Å²) in [4.78, 5) is 25.8. The number of carbonyl (C=O) groups excluding carboxylic acids is 2. The zero-order valence-electron chi connectivity index (χ0n) is 22.0. The van der Waals surface area contributed by atoms with Gasteiger partial charge >= 0.3 is 6.18 Å². The molecule has 1 aliphatic carbocycles. The van der Waals surface area contributed by atoms with Crippen LogP contribution in [0.25, 0.3) is 0 Å². The molecule has 1 spiro atoms. The van der Waals surface area contributed by atoms with Gasteiger partial charge in [-0.2, -0.15) is 18.3 Å². The second-order valence-corrected chi connectivity index (χ2v) is 12.2. The predicted molar refractivity (Wildman–Crippen MR) is 136 cm³/mol. The lowest BCUT2D eigenvalue weighted by molar-refractivity contribution is -0.136. The lowest BCUT2D eigenvalue weighted by atomic mass is 9.82. The monoisotopic (exact) mass is 608 g/mol. The summed E-state index contributed by atoms with van der Waals surface area (Å²) in [6.07, 6.45) is -5.94. The number of aromatic nitrogens is 2. The molecular formula is C25H29F5N4O6S. The van der Waals surface area contributed by atoms with Crippen LogP contribution in [0.4, 0.5) is 27.8 Å². The number of halogens is 5. The van der Waals surface area contributed by atoms with Gasteiger partial charge in [0.15, 0.2) is 9.84 Å². The third kappa shape index (κ3) is 7.72. The lowest BCUT2D eigenvalue weighted by Gasteiger charge is -2.35. The molecule has 1 aromatic heterocycles. The summed E-state index contributed by atoms with van der Waals surface area (Å²) < 4.78 is 96.9. The number of ether oxygens (including phenoxy) is 2. The number of carbonyl (C=O) groups is 2. The minimum Gasteiger partial charge on any atom is -0.494 e. The third-order valence-electron chi connectivity index (χ3n) is 6.70. The van der Waals surface area contributed by atoms with Gasteiger partial charge in [-0.05, 0) is 42.5 Å². The van der Waals surface area contributed by atoms with Gasteiger partial charge in [-0.15, -0.1) is 0 Å². The first-order valence-electron chi connectivity index (χ1n) is 12.7. The van der Waals surface area contributed by atoms with Crippen molar-refractivity contribution in [3.63, 3.8) is 0 Å². The summed E-state index contributed by atoms with van der Waals surface area (Å²) in [5.74, 6) is -1.96. The molecule has 0 fully saturated rings. The Labute approximate surface area is 232 Å². The van der Waals surface area contributed by atoms with E-state index in [2.05, 4.69) is 15.7 Å². The van der Waals surface area contributed by atoms with E-state index in [9.17, 15) is 40.0 Å². The molecule has 0 radical (unpaired) electrons. The summed E-state index contributed by atoms with van der Waals surface area (Å²) in [5, 5.41) is 9.87. The molecule has 10 nitrogen and oxygen atoms in total. The quantitative estimate of drug-likeness (QED) is 0.280. The van der Waals surface area contributed by atoms with Crippen molar-refractivity contribution < 1.29 is 49.4 Å². The van der Waals surface area contributed by atoms with Crippen molar-refractivity contribution in [2.75, 3.05) is 37.1 Å². The van der Waals surface area contributed by atoms with Crippen molar-refractivity contribution in [1.29, 1.82) is 0 Å². The number of nitrogens with one attached hydrogen (secondary N) is 2. The molecule has 0 unspecified atom stereocenters. The second-order valence-electron chi connectivity index (χ2n) is 10.1. The number of alkyl halides is 5. The number of aryl methyl sites for hydroxylation is 1. The zero-order chi connectivity index (χ0) is 30.0. The highest BCUT2D eigenvalue weighted by Gasteiger charge is 2.46. The van der Waals surface area contributed by atoms with E-state index in [1.54, 1.807) is 18.2 Å². The summed E-state index contributed by atoms with van der Waals surface area (Å²) in [5.41, 5.74) is 1.13. The van der Waals surface area contributed by atoms with Crippen LogP contribution in [-0.4, -0.2) is 74.4 Å². The van der Waals surface area contributed by atoms with Crippen LogP contribution in [0.1, 0.15) is 46.4 Å². The first-order chi connectivity index (χ1) is 19.2. The summed E-state index contributed by atoms with van der Waals surface area (Å²) >= 11 is 0. The molecule has 2 N–H and O–H groups in total. The minimum atomic E-state index is -4.26.